The average molecular weight is 346 g/mol. The van der Waals surface area contributed by atoms with E-state index in [1.165, 1.54) is 0 Å². The van der Waals surface area contributed by atoms with Crippen molar-refractivity contribution >= 4 is 23.5 Å². The topological polar surface area (TPSA) is 32.3 Å². The second-order valence-electron chi connectivity index (χ2n) is 5.71. The maximum atomic E-state index is 12.5. The molecule has 1 fully saturated rings. The van der Waals surface area contributed by atoms with Crippen LogP contribution in [0.3, 0.4) is 0 Å². The number of alkyl halides is 3. The van der Waals surface area contributed by atoms with Gasteiger partial charge in [-0.15, -0.1) is 0 Å². The van der Waals surface area contributed by atoms with E-state index in [0.717, 1.165) is 5.75 Å². The smallest absolute Gasteiger partial charge is 0.320 e. The van der Waals surface area contributed by atoms with E-state index in [-0.39, 0.29) is 18.5 Å². The molecule has 0 bridgehead atoms. The fourth-order valence-corrected chi connectivity index (χ4v) is 3.64. The number of rotatable bonds is 3. The zero-order valence-corrected chi connectivity index (χ0v) is 14.0. The number of hydrogen-bond donors (Lipinski definition) is 1. The van der Waals surface area contributed by atoms with Crippen molar-refractivity contribution in [2.45, 2.75) is 44.2 Å². The summed E-state index contributed by atoms with van der Waals surface area (Å²) >= 11 is 1.82. The van der Waals surface area contributed by atoms with E-state index in [0.29, 0.717) is 23.0 Å². The molecule has 2 amide bonds. The molecule has 0 aromatic heterocycles. The minimum absolute atomic E-state index is 0.0936. The molecule has 1 aromatic carbocycles. The van der Waals surface area contributed by atoms with Gasteiger partial charge in [-0.3, -0.25) is 0 Å². The zero-order chi connectivity index (χ0) is 17.0. The van der Waals surface area contributed by atoms with Crippen LogP contribution in [0.1, 0.15) is 25.8 Å². The molecule has 2 atom stereocenters. The molecule has 1 aliphatic heterocycles. The van der Waals surface area contributed by atoms with Crippen LogP contribution < -0.4 is 5.32 Å². The number of para-hydroxylation sites is 1. The fourth-order valence-electron chi connectivity index (χ4n) is 2.54. The number of anilines is 1. The molecule has 0 unspecified atom stereocenters. The molecule has 0 saturated carbocycles. The Morgan fingerprint density at radius 3 is 2.74 bits per heavy atom. The lowest BCUT2D eigenvalue weighted by Gasteiger charge is -2.37. The van der Waals surface area contributed by atoms with Gasteiger partial charge < -0.3 is 10.2 Å². The minimum atomic E-state index is -4.20. The molecule has 23 heavy (non-hydrogen) atoms. The van der Waals surface area contributed by atoms with Crippen molar-refractivity contribution in [3.63, 3.8) is 0 Å². The summed E-state index contributed by atoms with van der Waals surface area (Å²) in [6, 6.07) is 6.52. The van der Waals surface area contributed by atoms with Crippen LogP contribution in [0.15, 0.2) is 24.3 Å². The molecule has 1 N–H and O–H groups in total. The molecule has 1 saturated heterocycles. The highest BCUT2D eigenvalue weighted by atomic mass is 32.2. The Kier molecular flexibility index (Phi) is 5.84. The van der Waals surface area contributed by atoms with Crippen LogP contribution >= 0.6 is 11.8 Å². The van der Waals surface area contributed by atoms with Crippen LogP contribution in [0.4, 0.5) is 23.7 Å². The van der Waals surface area contributed by atoms with Crippen molar-refractivity contribution in [3.05, 3.63) is 29.8 Å². The molecular formula is C16H21F3N2OS. The lowest BCUT2D eigenvalue weighted by atomic mass is 10.1. The van der Waals surface area contributed by atoms with E-state index in [4.69, 9.17) is 0 Å². The van der Waals surface area contributed by atoms with Crippen LogP contribution in [0.5, 0.6) is 0 Å². The number of amides is 2. The van der Waals surface area contributed by atoms with Gasteiger partial charge in [0.25, 0.3) is 0 Å². The highest BCUT2D eigenvalue weighted by Gasteiger charge is 2.30. The molecule has 1 aliphatic rings. The van der Waals surface area contributed by atoms with Gasteiger partial charge in [-0.2, -0.15) is 24.9 Å². The number of hydrogen-bond acceptors (Lipinski definition) is 2. The van der Waals surface area contributed by atoms with Crippen LogP contribution in [0.2, 0.25) is 0 Å². The number of carbonyl (C=O) groups is 1. The van der Waals surface area contributed by atoms with E-state index in [1.54, 1.807) is 29.2 Å². The Hall–Kier alpha value is -1.37. The summed E-state index contributed by atoms with van der Waals surface area (Å²) in [6.07, 6.45) is -5.24. The zero-order valence-electron chi connectivity index (χ0n) is 13.2. The maximum Gasteiger partial charge on any atom is 0.389 e. The van der Waals surface area contributed by atoms with E-state index in [9.17, 15) is 18.0 Å². The first-order valence-corrected chi connectivity index (χ1v) is 8.66. The monoisotopic (exact) mass is 346 g/mol. The number of nitrogens with zero attached hydrogens (tertiary/aromatic N) is 1. The first-order chi connectivity index (χ1) is 10.8. The molecule has 128 valence electrons. The van der Waals surface area contributed by atoms with Crippen molar-refractivity contribution in [2.24, 2.45) is 0 Å². The van der Waals surface area contributed by atoms with Gasteiger partial charge in [0, 0.05) is 35.7 Å². The average Bonchev–Trinajstić information content (AvgIpc) is 2.48. The summed E-state index contributed by atoms with van der Waals surface area (Å²) in [5.41, 5.74) is 0.963. The fraction of sp³-hybridized carbons (Fsp3) is 0.562. The first-order valence-electron chi connectivity index (χ1n) is 7.62. The van der Waals surface area contributed by atoms with E-state index < -0.39 is 12.6 Å². The predicted octanol–water partition coefficient (Wildman–Crippen LogP) is 4.54. The molecule has 0 spiro atoms. The number of urea groups is 1. The van der Waals surface area contributed by atoms with Crippen molar-refractivity contribution in [1.29, 1.82) is 0 Å². The number of nitrogens with one attached hydrogen (secondary N) is 1. The standard InChI is InChI=1S/C16H21F3N2OS/c1-11-12(2)23-10-9-21(11)15(22)20-14-6-4-3-5-13(14)7-8-16(17,18)19/h3-6,11-12H,7-10H2,1-2H3,(H,20,22)/t11-,12+/m0/s1. The molecule has 0 radical (unpaired) electrons. The summed E-state index contributed by atoms with van der Waals surface area (Å²) in [5.74, 6) is 0.870. The molecule has 1 heterocycles. The van der Waals surface area contributed by atoms with Gasteiger partial charge in [-0.05, 0) is 25.0 Å². The van der Waals surface area contributed by atoms with Crippen LogP contribution in [0.25, 0.3) is 0 Å². The van der Waals surface area contributed by atoms with Gasteiger partial charge in [-0.25, -0.2) is 4.79 Å². The van der Waals surface area contributed by atoms with E-state index >= 15 is 0 Å². The SMILES string of the molecule is C[C@H]1SCCN(C(=O)Nc2ccccc2CCC(F)(F)F)[C@H]1C. The normalized spacial score (nSPS) is 22.0. The lowest BCUT2D eigenvalue weighted by molar-refractivity contribution is -0.133. The summed E-state index contributed by atoms with van der Waals surface area (Å²) in [5, 5.41) is 3.12. The third-order valence-electron chi connectivity index (χ3n) is 4.08. The molecule has 0 aliphatic carbocycles. The third kappa shape index (κ3) is 5.06. The number of halogens is 3. The molecule has 2 rings (SSSR count). The highest BCUT2D eigenvalue weighted by Crippen LogP contribution is 2.27. The number of thioether (sulfide) groups is 1. The predicted molar refractivity (Wildman–Crippen MR) is 87.9 cm³/mol. The highest BCUT2D eigenvalue weighted by molar-refractivity contribution is 8.00. The van der Waals surface area contributed by atoms with Gasteiger partial charge in [-0.1, -0.05) is 25.1 Å². The van der Waals surface area contributed by atoms with Gasteiger partial charge >= 0.3 is 12.2 Å². The van der Waals surface area contributed by atoms with Gasteiger partial charge in [0.2, 0.25) is 0 Å². The molecule has 3 nitrogen and oxygen atoms in total. The largest absolute Gasteiger partial charge is 0.389 e. The quantitative estimate of drug-likeness (QED) is 0.871. The summed E-state index contributed by atoms with van der Waals surface area (Å²) in [4.78, 5) is 14.2. The van der Waals surface area contributed by atoms with E-state index in [1.807, 2.05) is 18.7 Å². The van der Waals surface area contributed by atoms with Crippen LogP contribution in [0, 0.1) is 0 Å². The van der Waals surface area contributed by atoms with Crippen LogP contribution in [-0.4, -0.2) is 40.7 Å². The van der Waals surface area contributed by atoms with Crippen molar-refractivity contribution < 1.29 is 18.0 Å². The lowest BCUT2D eigenvalue weighted by Crippen LogP contribution is -2.49. The Balaban J connectivity index is 2.06. The maximum absolute atomic E-state index is 12.5. The number of aryl methyl sites for hydroxylation is 1. The molecule has 7 heteroatoms. The minimum Gasteiger partial charge on any atom is -0.320 e. The van der Waals surface area contributed by atoms with Crippen molar-refractivity contribution in [3.8, 4) is 0 Å². The third-order valence-corrected chi connectivity index (χ3v) is 5.42. The summed E-state index contributed by atoms with van der Waals surface area (Å²) in [6.45, 7) is 4.71. The first kappa shape index (κ1) is 18.0. The second kappa shape index (κ2) is 7.47. The number of carbonyl (C=O) groups excluding carboxylic acids is 1. The Morgan fingerprint density at radius 2 is 2.04 bits per heavy atom. The Labute approximate surface area is 138 Å². The van der Waals surface area contributed by atoms with Gasteiger partial charge in [0.1, 0.15) is 0 Å². The molecule has 1 aromatic rings. The van der Waals surface area contributed by atoms with Crippen molar-refractivity contribution in [2.75, 3.05) is 17.6 Å². The second-order valence-corrected chi connectivity index (χ2v) is 7.20. The Morgan fingerprint density at radius 1 is 1.35 bits per heavy atom. The van der Waals surface area contributed by atoms with Crippen molar-refractivity contribution in [1.82, 2.24) is 4.90 Å². The summed E-state index contributed by atoms with van der Waals surface area (Å²) in [7, 11) is 0. The van der Waals surface area contributed by atoms with Gasteiger partial charge in [0.05, 0.1) is 0 Å². The summed E-state index contributed by atoms with van der Waals surface area (Å²) < 4.78 is 37.3. The Bertz CT molecular complexity index is 550. The van der Waals surface area contributed by atoms with Crippen LogP contribution in [-0.2, 0) is 6.42 Å². The molecular weight excluding hydrogens is 325 g/mol. The van der Waals surface area contributed by atoms with E-state index in [2.05, 4.69) is 12.2 Å². The number of benzene rings is 1. The van der Waals surface area contributed by atoms with Gasteiger partial charge in [0.15, 0.2) is 0 Å².